The highest BCUT2D eigenvalue weighted by Crippen LogP contribution is 2.36. The molecule has 1 heterocycles. The van der Waals surface area contributed by atoms with Gasteiger partial charge in [-0.05, 0) is 31.2 Å². The molecular formula is C14H18O6S. The van der Waals surface area contributed by atoms with E-state index in [0.29, 0.717) is 5.75 Å². The molecule has 0 spiro atoms. The van der Waals surface area contributed by atoms with E-state index in [0.717, 1.165) is 11.8 Å². The summed E-state index contributed by atoms with van der Waals surface area (Å²) in [6.45, 7) is 1.84. The van der Waals surface area contributed by atoms with Crippen molar-refractivity contribution >= 4 is 16.2 Å². The van der Waals surface area contributed by atoms with Crippen molar-refractivity contribution < 1.29 is 26.8 Å². The minimum absolute atomic E-state index is 0.239. The smallest absolute Gasteiger partial charge is 0.306 e. The Labute approximate surface area is 124 Å². The fourth-order valence-electron chi connectivity index (χ4n) is 2.19. The summed E-state index contributed by atoms with van der Waals surface area (Å²) >= 11 is 0. The molecule has 1 atom stereocenters. The third kappa shape index (κ3) is 3.55. The Kier molecular flexibility index (Phi) is 4.27. The predicted octanol–water partition coefficient (Wildman–Crippen LogP) is 1.81. The first-order chi connectivity index (χ1) is 9.77. The summed E-state index contributed by atoms with van der Waals surface area (Å²) in [6.07, 6.45) is 4.06. The molecule has 0 radical (unpaired) electrons. The molecule has 1 aromatic carbocycles. The van der Waals surface area contributed by atoms with Gasteiger partial charge in [0.2, 0.25) is 6.29 Å². The zero-order chi connectivity index (χ0) is 15.7. The molecule has 21 heavy (non-hydrogen) atoms. The number of fused-ring (bicyclic) bond motifs is 1. The summed E-state index contributed by atoms with van der Waals surface area (Å²) in [4.78, 5) is 0. The second-order valence-corrected chi connectivity index (χ2v) is 6.48. The first-order valence-corrected chi connectivity index (χ1v) is 8.06. The van der Waals surface area contributed by atoms with Gasteiger partial charge in [-0.15, -0.1) is 0 Å². The first kappa shape index (κ1) is 15.8. The van der Waals surface area contributed by atoms with Crippen molar-refractivity contribution in [3.8, 4) is 11.5 Å². The summed E-state index contributed by atoms with van der Waals surface area (Å²) < 4.78 is 43.5. The molecular weight excluding hydrogens is 296 g/mol. The topological polar surface area (TPSA) is 71.1 Å². The van der Waals surface area contributed by atoms with Crippen LogP contribution in [0.4, 0.5) is 0 Å². The highest BCUT2D eigenvalue weighted by Gasteiger charge is 2.37. The fourth-order valence-corrected chi connectivity index (χ4v) is 2.65. The SMILES string of the molecule is COC(OC)[C@]1(C)C=Cc2cc(OS(C)(=O)=O)ccc2O1. The average molecular weight is 314 g/mol. The van der Waals surface area contributed by atoms with Crippen molar-refractivity contribution in [1.82, 2.24) is 0 Å². The molecule has 0 unspecified atom stereocenters. The van der Waals surface area contributed by atoms with Crippen molar-refractivity contribution in [3.63, 3.8) is 0 Å². The monoisotopic (exact) mass is 314 g/mol. The number of benzene rings is 1. The van der Waals surface area contributed by atoms with Gasteiger partial charge < -0.3 is 18.4 Å². The molecule has 0 aromatic heterocycles. The molecule has 2 rings (SSSR count). The van der Waals surface area contributed by atoms with Gasteiger partial charge in [-0.3, -0.25) is 0 Å². The summed E-state index contributed by atoms with van der Waals surface area (Å²) in [5, 5.41) is 0. The first-order valence-electron chi connectivity index (χ1n) is 6.25. The molecule has 1 aliphatic heterocycles. The zero-order valence-electron chi connectivity index (χ0n) is 12.3. The molecule has 1 aromatic rings. The van der Waals surface area contributed by atoms with Crippen LogP contribution in [0.1, 0.15) is 12.5 Å². The minimum Gasteiger partial charge on any atom is -0.478 e. The summed E-state index contributed by atoms with van der Waals surface area (Å²) in [6, 6.07) is 4.79. The molecule has 0 bridgehead atoms. The Morgan fingerprint density at radius 1 is 1.24 bits per heavy atom. The molecule has 0 saturated carbocycles. The van der Waals surface area contributed by atoms with E-state index in [1.54, 1.807) is 18.2 Å². The van der Waals surface area contributed by atoms with Crippen LogP contribution in [-0.2, 0) is 19.6 Å². The van der Waals surface area contributed by atoms with E-state index < -0.39 is 22.0 Å². The summed E-state index contributed by atoms with van der Waals surface area (Å²) in [5.74, 6) is 0.836. The molecule has 7 heteroatoms. The molecule has 0 saturated heterocycles. The Morgan fingerprint density at radius 2 is 1.90 bits per heavy atom. The third-order valence-electron chi connectivity index (χ3n) is 3.05. The average Bonchev–Trinajstić information content (AvgIpc) is 2.38. The van der Waals surface area contributed by atoms with Gasteiger partial charge in [0.05, 0.1) is 6.26 Å². The number of hydrogen-bond donors (Lipinski definition) is 0. The van der Waals surface area contributed by atoms with Gasteiger partial charge in [-0.1, -0.05) is 6.08 Å². The maximum atomic E-state index is 11.1. The third-order valence-corrected chi connectivity index (χ3v) is 3.54. The van der Waals surface area contributed by atoms with Crippen LogP contribution in [0.3, 0.4) is 0 Å². The van der Waals surface area contributed by atoms with E-state index in [-0.39, 0.29) is 5.75 Å². The van der Waals surface area contributed by atoms with E-state index in [1.165, 1.54) is 20.3 Å². The fraction of sp³-hybridized carbons (Fsp3) is 0.429. The Morgan fingerprint density at radius 3 is 2.48 bits per heavy atom. The number of methoxy groups -OCH3 is 2. The standard InChI is InChI=1S/C14H18O6S/c1-14(13(17-2)18-3)8-7-10-9-11(20-21(4,15)16)5-6-12(10)19-14/h5-9,13H,1-4H3/t14-/m0/s1. The lowest BCUT2D eigenvalue weighted by molar-refractivity contribution is -0.180. The maximum Gasteiger partial charge on any atom is 0.306 e. The lowest BCUT2D eigenvalue weighted by Gasteiger charge is -2.36. The second-order valence-electron chi connectivity index (χ2n) is 4.91. The van der Waals surface area contributed by atoms with Crippen LogP contribution in [0.5, 0.6) is 11.5 Å². The second kappa shape index (κ2) is 5.67. The molecule has 0 fully saturated rings. The quantitative estimate of drug-likeness (QED) is 0.610. The van der Waals surface area contributed by atoms with Crippen LogP contribution in [-0.4, -0.2) is 40.8 Å². The van der Waals surface area contributed by atoms with E-state index in [1.807, 2.05) is 13.0 Å². The van der Waals surface area contributed by atoms with Gasteiger partial charge in [-0.25, -0.2) is 0 Å². The van der Waals surface area contributed by atoms with Gasteiger partial charge in [0.15, 0.2) is 5.60 Å². The normalized spacial score (nSPS) is 21.0. The van der Waals surface area contributed by atoms with Crippen molar-refractivity contribution in [2.75, 3.05) is 20.5 Å². The van der Waals surface area contributed by atoms with Gasteiger partial charge in [0.1, 0.15) is 11.5 Å². The molecule has 116 valence electrons. The van der Waals surface area contributed by atoms with Gasteiger partial charge >= 0.3 is 10.1 Å². The van der Waals surface area contributed by atoms with Crippen molar-refractivity contribution in [2.24, 2.45) is 0 Å². The van der Waals surface area contributed by atoms with E-state index in [2.05, 4.69) is 0 Å². The molecule has 1 aliphatic rings. The van der Waals surface area contributed by atoms with Crippen LogP contribution in [0, 0.1) is 0 Å². The summed E-state index contributed by atoms with van der Waals surface area (Å²) in [5.41, 5.74) is -0.0463. The molecule has 6 nitrogen and oxygen atoms in total. The van der Waals surface area contributed by atoms with E-state index in [9.17, 15) is 8.42 Å². The zero-order valence-corrected chi connectivity index (χ0v) is 13.1. The number of hydrogen-bond acceptors (Lipinski definition) is 6. The molecule has 0 N–H and O–H groups in total. The lowest BCUT2D eigenvalue weighted by Crippen LogP contribution is -2.46. The van der Waals surface area contributed by atoms with Crippen LogP contribution in [0.2, 0.25) is 0 Å². The highest BCUT2D eigenvalue weighted by atomic mass is 32.2. The Balaban J connectivity index is 2.29. The number of ether oxygens (including phenoxy) is 3. The van der Waals surface area contributed by atoms with Crippen LogP contribution < -0.4 is 8.92 Å². The van der Waals surface area contributed by atoms with Crippen LogP contribution in [0.15, 0.2) is 24.3 Å². The van der Waals surface area contributed by atoms with E-state index in [4.69, 9.17) is 18.4 Å². The number of rotatable bonds is 5. The Hall–Kier alpha value is -1.57. The van der Waals surface area contributed by atoms with Crippen LogP contribution >= 0.6 is 0 Å². The highest BCUT2D eigenvalue weighted by molar-refractivity contribution is 7.86. The largest absolute Gasteiger partial charge is 0.478 e. The summed E-state index contributed by atoms with van der Waals surface area (Å²) in [7, 11) is -0.479. The maximum absolute atomic E-state index is 11.1. The molecule has 0 amide bonds. The van der Waals surface area contributed by atoms with Crippen molar-refractivity contribution in [2.45, 2.75) is 18.8 Å². The van der Waals surface area contributed by atoms with Gasteiger partial charge in [0.25, 0.3) is 0 Å². The Bertz CT molecular complexity index is 647. The minimum atomic E-state index is -3.55. The van der Waals surface area contributed by atoms with Crippen LogP contribution in [0.25, 0.3) is 6.08 Å². The van der Waals surface area contributed by atoms with E-state index >= 15 is 0 Å². The predicted molar refractivity (Wildman–Crippen MR) is 77.8 cm³/mol. The van der Waals surface area contributed by atoms with Crippen molar-refractivity contribution in [3.05, 3.63) is 29.8 Å². The lowest BCUT2D eigenvalue weighted by atomic mass is 9.99. The van der Waals surface area contributed by atoms with Gasteiger partial charge in [-0.2, -0.15) is 8.42 Å². The van der Waals surface area contributed by atoms with Gasteiger partial charge in [0, 0.05) is 19.8 Å². The molecule has 0 aliphatic carbocycles. The van der Waals surface area contributed by atoms with Crippen molar-refractivity contribution in [1.29, 1.82) is 0 Å².